The molecule has 0 aliphatic heterocycles. The molecule has 296 valence electrons. The molecule has 0 spiro atoms. The van der Waals surface area contributed by atoms with Crippen LogP contribution in [0.3, 0.4) is 0 Å². The summed E-state index contributed by atoms with van der Waals surface area (Å²) >= 11 is 0. The molecule has 2 aromatic heterocycles. The number of hydrogen-bond acceptors (Lipinski definition) is 0. The van der Waals surface area contributed by atoms with Gasteiger partial charge in [0.05, 0.1) is 27.8 Å². The van der Waals surface area contributed by atoms with Crippen molar-refractivity contribution in [3.8, 4) is 33.6 Å². The third-order valence-electron chi connectivity index (χ3n) is 13.1. The van der Waals surface area contributed by atoms with E-state index < -0.39 is 8.07 Å². The van der Waals surface area contributed by atoms with Crippen molar-refractivity contribution in [2.45, 2.75) is 0 Å². The Kier molecular flexibility index (Phi) is 8.87. The van der Waals surface area contributed by atoms with Crippen LogP contribution in [0.5, 0.6) is 0 Å². The Labute approximate surface area is 368 Å². The predicted molar refractivity (Wildman–Crippen MR) is 270 cm³/mol. The molecule has 0 amide bonds. The second kappa shape index (κ2) is 15.2. The lowest BCUT2D eigenvalue weighted by Crippen LogP contribution is -2.74. The summed E-state index contributed by atoms with van der Waals surface area (Å²) < 4.78 is 5.06. The molecular formula is C60H42N2Si. The molecule has 0 aliphatic rings. The molecule has 2 nitrogen and oxygen atoms in total. The molecule has 12 aromatic rings. The molecule has 63 heavy (non-hydrogen) atoms. The van der Waals surface area contributed by atoms with Crippen LogP contribution in [0.4, 0.5) is 0 Å². The normalized spacial score (nSPS) is 11.8. The summed E-state index contributed by atoms with van der Waals surface area (Å²) in [4.78, 5) is 0. The van der Waals surface area contributed by atoms with Crippen molar-refractivity contribution >= 4 is 72.4 Å². The van der Waals surface area contributed by atoms with Crippen LogP contribution in [0.2, 0.25) is 0 Å². The summed E-state index contributed by atoms with van der Waals surface area (Å²) in [5.41, 5.74) is 11.8. The van der Waals surface area contributed by atoms with Crippen molar-refractivity contribution in [2.24, 2.45) is 0 Å². The maximum atomic E-state index is 2.57. The molecule has 0 fully saturated rings. The molecule has 0 saturated carbocycles. The number of aromatic nitrogens is 2. The van der Waals surface area contributed by atoms with Crippen LogP contribution < -0.4 is 20.7 Å². The summed E-state index contributed by atoms with van der Waals surface area (Å²) in [5, 5.41) is 10.3. The molecule has 10 aromatic carbocycles. The van der Waals surface area contributed by atoms with E-state index in [-0.39, 0.29) is 0 Å². The Morgan fingerprint density at radius 1 is 0.254 bits per heavy atom. The number of nitrogens with zero attached hydrogens (tertiary/aromatic N) is 2. The smallest absolute Gasteiger partial charge is 0.179 e. The van der Waals surface area contributed by atoms with Crippen LogP contribution in [0, 0.1) is 0 Å². The van der Waals surface area contributed by atoms with Crippen molar-refractivity contribution < 1.29 is 0 Å². The van der Waals surface area contributed by atoms with Gasteiger partial charge in [0.15, 0.2) is 8.07 Å². The summed E-state index contributed by atoms with van der Waals surface area (Å²) in [7, 11) is -2.85. The van der Waals surface area contributed by atoms with E-state index in [1.165, 1.54) is 86.6 Å². The number of para-hydroxylation sites is 2. The summed E-state index contributed by atoms with van der Waals surface area (Å²) in [6.07, 6.45) is 0. The lowest BCUT2D eigenvalue weighted by molar-refractivity contribution is 1.13. The third kappa shape index (κ3) is 5.93. The zero-order valence-corrected chi connectivity index (χ0v) is 35.6. The van der Waals surface area contributed by atoms with E-state index in [9.17, 15) is 0 Å². The molecule has 0 aliphatic carbocycles. The fourth-order valence-electron chi connectivity index (χ4n) is 10.3. The lowest BCUT2D eigenvalue weighted by Gasteiger charge is -2.34. The van der Waals surface area contributed by atoms with Gasteiger partial charge in [-0.15, -0.1) is 0 Å². The van der Waals surface area contributed by atoms with E-state index in [0.29, 0.717) is 0 Å². The van der Waals surface area contributed by atoms with Gasteiger partial charge in [-0.05, 0) is 79.4 Å². The van der Waals surface area contributed by atoms with Crippen LogP contribution in [0.1, 0.15) is 0 Å². The van der Waals surface area contributed by atoms with Crippen LogP contribution in [0.15, 0.2) is 255 Å². The van der Waals surface area contributed by atoms with Crippen molar-refractivity contribution in [1.29, 1.82) is 0 Å². The van der Waals surface area contributed by atoms with Crippen LogP contribution in [-0.4, -0.2) is 17.2 Å². The van der Waals surface area contributed by atoms with E-state index in [0.717, 1.165) is 11.4 Å². The number of rotatable bonds is 8. The van der Waals surface area contributed by atoms with Crippen LogP contribution >= 0.6 is 0 Å². The van der Waals surface area contributed by atoms with Gasteiger partial charge in [0.1, 0.15) is 0 Å². The Bertz CT molecular complexity index is 3500. The molecule has 0 unspecified atom stereocenters. The van der Waals surface area contributed by atoms with E-state index in [2.05, 4.69) is 264 Å². The monoisotopic (exact) mass is 818 g/mol. The first-order valence-electron chi connectivity index (χ1n) is 21.8. The molecule has 0 bridgehead atoms. The van der Waals surface area contributed by atoms with Crippen LogP contribution in [-0.2, 0) is 0 Å². The highest BCUT2D eigenvalue weighted by molar-refractivity contribution is 7.20. The Morgan fingerprint density at radius 2 is 0.714 bits per heavy atom. The fraction of sp³-hybridized carbons (Fsp3) is 0. The number of hydrogen-bond donors (Lipinski definition) is 0. The molecule has 0 radical (unpaired) electrons. The van der Waals surface area contributed by atoms with Crippen molar-refractivity contribution in [2.75, 3.05) is 0 Å². The van der Waals surface area contributed by atoms with E-state index in [1.807, 2.05) is 0 Å². The first-order valence-corrected chi connectivity index (χ1v) is 23.8. The number of benzene rings is 10. The fourth-order valence-corrected chi connectivity index (χ4v) is 15.1. The minimum atomic E-state index is -2.85. The standard InChI is InChI=1S/C60H42N2Si/c1-6-20-43(21-7-1)45-24-18-25-47(40-45)61-56-34-17-16-32-52(56)55-33-19-35-57(60(55)61)62-58-41-46(44-22-8-2-9-23-44)36-38-53(58)54-39-37-51(42-59(54)62)63(48-26-10-3-11-27-48,49-28-12-4-13-29-49)50-30-14-5-15-31-50/h1-42H. The zero-order valence-electron chi connectivity index (χ0n) is 34.6. The maximum Gasteiger partial charge on any atom is 0.179 e. The van der Waals surface area contributed by atoms with Gasteiger partial charge in [0, 0.05) is 27.2 Å². The highest BCUT2D eigenvalue weighted by Gasteiger charge is 2.41. The molecular weight excluding hydrogens is 777 g/mol. The average molecular weight is 819 g/mol. The minimum absolute atomic E-state index is 1.13. The lowest BCUT2D eigenvalue weighted by atomic mass is 10.0. The topological polar surface area (TPSA) is 9.86 Å². The Balaban J connectivity index is 1.22. The Morgan fingerprint density at radius 3 is 1.33 bits per heavy atom. The van der Waals surface area contributed by atoms with E-state index >= 15 is 0 Å². The largest absolute Gasteiger partial charge is 0.307 e. The summed E-state index contributed by atoms with van der Waals surface area (Å²) in [5.74, 6) is 0. The third-order valence-corrected chi connectivity index (χ3v) is 17.8. The SMILES string of the molecule is c1ccc(-c2cccc(-n3c4ccccc4c4cccc(-n5c6cc(-c7ccccc7)ccc6c6ccc([Si](c7ccccc7)(c7ccccc7)c7ccccc7)cc65)c43)c2)cc1. The van der Waals surface area contributed by atoms with Gasteiger partial charge in [-0.3, -0.25) is 0 Å². The zero-order chi connectivity index (χ0) is 41.7. The van der Waals surface area contributed by atoms with Gasteiger partial charge in [-0.2, -0.15) is 0 Å². The van der Waals surface area contributed by atoms with Gasteiger partial charge in [0.25, 0.3) is 0 Å². The quantitative estimate of drug-likeness (QED) is 0.107. The molecule has 0 atom stereocenters. The molecule has 0 N–H and O–H groups in total. The van der Waals surface area contributed by atoms with Crippen molar-refractivity contribution in [1.82, 2.24) is 9.13 Å². The molecule has 3 heteroatoms. The second-order valence-corrected chi connectivity index (χ2v) is 20.3. The molecule has 12 rings (SSSR count). The first-order chi connectivity index (χ1) is 31.3. The minimum Gasteiger partial charge on any atom is -0.307 e. The first kappa shape index (κ1) is 36.8. The van der Waals surface area contributed by atoms with Crippen LogP contribution in [0.25, 0.3) is 77.2 Å². The molecule has 2 heterocycles. The number of fused-ring (bicyclic) bond motifs is 6. The average Bonchev–Trinajstić information content (AvgIpc) is 3.88. The van der Waals surface area contributed by atoms with Gasteiger partial charge in [-0.1, -0.05) is 218 Å². The van der Waals surface area contributed by atoms with Gasteiger partial charge in [0.2, 0.25) is 0 Å². The van der Waals surface area contributed by atoms with Crippen molar-refractivity contribution in [3.05, 3.63) is 255 Å². The molecule has 0 saturated heterocycles. The van der Waals surface area contributed by atoms with Gasteiger partial charge >= 0.3 is 0 Å². The predicted octanol–water partition coefficient (Wildman–Crippen LogP) is 12.6. The maximum absolute atomic E-state index is 2.85. The summed E-state index contributed by atoms with van der Waals surface area (Å²) in [6, 6.07) is 94.4. The van der Waals surface area contributed by atoms with Crippen molar-refractivity contribution in [3.63, 3.8) is 0 Å². The second-order valence-electron chi connectivity index (χ2n) is 16.5. The summed E-state index contributed by atoms with van der Waals surface area (Å²) in [6.45, 7) is 0. The highest BCUT2D eigenvalue weighted by Crippen LogP contribution is 2.41. The van der Waals surface area contributed by atoms with Gasteiger partial charge < -0.3 is 9.13 Å². The van der Waals surface area contributed by atoms with E-state index in [4.69, 9.17) is 0 Å². The highest BCUT2D eigenvalue weighted by atomic mass is 28.3. The van der Waals surface area contributed by atoms with Gasteiger partial charge in [-0.25, -0.2) is 0 Å². The Hall–Kier alpha value is -7.98. The van der Waals surface area contributed by atoms with E-state index in [1.54, 1.807) is 0 Å².